The van der Waals surface area contributed by atoms with Gasteiger partial charge in [-0.2, -0.15) is 0 Å². The first-order chi connectivity index (χ1) is 11.1. The van der Waals surface area contributed by atoms with Crippen molar-refractivity contribution >= 4 is 11.0 Å². The molecule has 1 N–H and O–H groups in total. The van der Waals surface area contributed by atoms with Crippen molar-refractivity contribution in [1.29, 1.82) is 0 Å². The third-order valence-corrected chi connectivity index (χ3v) is 4.28. The summed E-state index contributed by atoms with van der Waals surface area (Å²) in [5.74, 6) is 0.656. The summed E-state index contributed by atoms with van der Waals surface area (Å²) in [5.41, 5.74) is 1.22. The van der Waals surface area contributed by atoms with Crippen LogP contribution >= 0.6 is 0 Å². The summed E-state index contributed by atoms with van der Waals surface area (Å²) >= 11 is 0. The maximum atomic E-state index is 13.6. The van der Waals surface area contributed by atoms with Gasteiger partial charge in [0.25, 0.3) is 5.56 Å². The summed E-state index contributed by atoms with van der Waals surface area (Å²) < 4.78 is 20.4. The zero-order valence-corrected chi connectivity index (χ0v) is 13.0. The van der Waals surface area contributed by atoms with Gasteiger partial charge in [-0.3, -0.25) is 9.69 Å². The highest BCUT2D eigenvalue weighted by Crippen LogP contribution is 2.18. The molecule has 0 bridgehead atoms. The van der Waals surface area contributed by atoms with Gasteiger partial charge in [0, 0.05) is 32.2 Å². The molecular weight excluding hydrogens is 301 g/mol. The smallest absolute Gasteiger partial charge is 0.269 e. The fraction of sp³-hybridized carbons (Fsp3) is 0.500. The summed E-state index contributed by atoms with van der Waals surface area (Å²) in [6.45, 7) is 1.81. The number of hydrogen-bond acceptors (Lipinski definition) is 5. The highest BCUT2D eigenvalue weighted by molar-refractivity contribution is 5.76. The van der Waals surface area contributed by atoms with Gasteiger partial charge in [0.15, 0.2) is 0 Å². The van der Waals surface area contributed by atoms with E-state index < -0.39 is 12.3 Å². The Hall–Kier alpha value is -1.99. The van der Waals surface area contributed by atoms with Crippen LogP contribution in [0.2, 0.25) is 0 Å². The van der Waals surface area contributed by atoms with Gasteiger partial charge < -0.3 is 14.4 Å². The third kappa shape index (κ3) is 3.35. The van der Waals surface area contributed by atoms with E-state index in [-0.39, 0.29) is 12.1 Å². The van der Waals surface area contributed by atoms with Crippen molar-refractivity contribution in [1.82, 2.24) is 14.5 Å². The van der Waals surface area contributed by atoms with Crippen LogP contribution in [-0.4, -0.2) is 58.6 Å². The molecule has 124 valence electrons. The van der Waals surface area contributed by atoms with E-state index in [0.29, 0.717) is 42.8 Å². The lowest BCUT2D eigenvalue weighted by atomic mass is 10.1. The largest absolute Gasteiger partial charge is 0.497 e. The van der Waals surface area contributed by atoms with Crippen LogP contribution in [0.15, 0.2) is 29.2 Å². The second-order valence-electron chi connectivity index (χ2n) is 5.78. The van der Waals surface area contributed by atoms with Crippen molar-refractivity contribution in [2.75, 3.05) is 26.7 Å². The quantitative estimate of drug-likeness (QED) is 0.903. The van der Waals surface area contributed by atoms with E-state index in [1.807, 2.05) is 4.90 Å². The molecule has 0 aliphatic carbocycles. The number of fused-ring (bicyclic) bond motifs is 1. The van der Waals surface area contributed by atoms with Crippen molar-refractivity contribution in [2.45, 2.75) is 25.2 Å². The molecule has 2 heterocycles. The number of aliphatic hydroxyl groups is 1. The Morgan fingerprint density at radius 2 is 2.26 bits per heavy atom. The molecule has 1 aliphatic heterocycles. The SMILES string of the molecule is COc1ccc2ncc(=O)n(CCN3CCC(O)C(F)C3)c2c1. The number of aromatic nitrogens is 2. The van der Waals surface area contributed by atoms with Crippen molar-refractivity contribution in [2.24, 2.45) is 0 Å². The molecule has 2 atom stereocenters. The number of methoxy groups -OCH3 is 1. The van der Waals surface area contributed by atoms with Crippen LogP contribution in [0.4, 0.5) is 4.39 Å². The molecule has 1 aliphatic rings. The molecule has 0 saturated carbocycles. The lowest BCUT2D eigenvalue weighted by molar-refractivity contribution is 0.00568. The average Bonchev–Trinajstić information content (AvgIpc) is 2.56. The Balaban J connectivity index is 1.82. The number of alkyl halides is 1. The molecule has 1 saturated heterocycles. The van der Waals surface area contributed by atoms with E-state index in [0.717, 1.165) is 0 Å². The average molecular weight is 321 g/mol. The number of hydrogen-bond donors (Lipinski definition) is 1. The first-order valence-electron chi connectivity index (χ1n) is 7.66. The van der Waals surface area contributed by atoms with E-state index in [1.165, 1.54) is 6.20 Å². The monoisotopic (exact) mass is 321 g/mol. The molecular formula is C16H20FN3O3. The van der Waals surface area contributed by atoms with Gasteiger partial charge in [0.05, 0.1) is 30.4 Å². The fourth-order valence-electron chi connectivity index (χ4n) is 2.90. The molecule has 6 nitrogen and oxygen atoms in total. The minimum Gasteiger partial charge on any atom is -0.497 e. The van der Waals surface area contributed by atoms with Crippen molar-refractivity contribution < 1.29 is 14.2 Å². The lowest BCUT2D eigenvalue weighted by Gasteiger charge is -2.32. The Morgan fingerprint density at radius 3 is 3.00 bits per heavy atom. The molecule has 1 aromatic heterocycles. The molecule has 1 aromatic carbocycles. The maximum absolute atomic E-state index is 13.6. The first-order valence-corrected chi connectivity index (χ1v) is 7.66. The van der Waals surface area contributed by atoms with Crippen molar-refractivity contribution in [3.63, 3.8) is 0 Å². The molecule has 23 heavy (non-hydrogen) atoms. The third-order valence-electron chi connectivity index (χ3n) is 4.28. The lowest BCUT2D eigenvalue weighted by Crippen LogP contribution is -2.45. The number of piperidine rings is 1. The molecule has 1 fully saturated rings. The van der Waals surface area contributed by atoms with Crippen LogP contribution in [-0.2, 0) is 6.54 Å². The summed E-state index contributed by atoms with van der Waals surface area (Å²) in [5, 5.41) is 9.44. The zero-order chi connectivity index (χ0) is 16.4. The zero-order valence-electron chi connectivity index (χ0n) is 13.0. The molecule has 2 aromatic rings. The molecule has 0 radical (unpaired) electrons. The summed E-state index contributed by atoms with van der Waals surface area (Å²) in [7, 11) is 1.57. The van der Waals surface area contributed by atoms with Crippen LogP contribution in [0.3, 0.4) is 0 Å². The number of rotatable bonds is 4. The van der Waals surface area contributed by atoms with Crippen LogP contribution < -0.4 is 10.3 Å². The Kier molecular flexibility index (Phi) is 4.58. The minimum absolute atomic E-state index is 0.195. The standard InChI is InChI=1S/C16H20FN3O3/c1-23-11-2-3-13-14(8-11)20(16(22)9-18-13)7-6-19-5-4-15(21)12(17)10-19/h2-3,8-9,12,15,21H,4-7,10H2,1H3. The van der Waals surface area contributed by atoms with Gasteiger partial charge in [-0.25, -0.2) is 9.37 Å². The van der Waals surface area contributed by atoms with Gasteiger partial charge in [0.1, 0.15) is 11.9 Å². The Bertz CT molecular complexity index is 749. The molecule has 0 spiro atoms. The molecule has 0 amide bonds. The normalized spacial score (nSPS) is 22.4. The highest BCUT2D eigenvalue weighted by atomic mass is 19.1. The second-order valence-corrected chi connectivity index (χ2v) is 5.78. The Morgan fingerprint density at radius 1 is 1.43 bits per heavy atom. The van der Waals surface area contributed by atoms with Gasteiger partial charge in [-0.15, -0.1) is 0 Å². The summed E-state index contributed by atoms with van der Waals surface area (Å²) in [4.78, 5) is 18.2. The van der Waals surface area contributed by atoms with Gasteiger partial charge in [-0.05, 0) is 18.6 Å². The van der Waals surface area contributed by atoms with E-state index >= 15 is 0 Å². The molecule has 3 rings (SSSR count). The molecule has 2 unspecified atom stereocenters. The molecule has 7 heteroatoms. The van der Waals surface area contributed by atoms with Crippen LogP contribution in [0.25, 0.3) is 11.0 Å². The van der Waals surface area contributed by atoms with Crippen LogP contribution in [0, 0.1) is 0 Å². The second kappa shape index (κ2) is 6.64. The van der Waals surface area contributed by atoms with Gasteiger partial charge >= 0.3 is 0 Å². The van der Waals surface area contributed by atoms with E-state index in [2.05, 4.69) is 4.98 Å². The number of halogens is 1. The predicted molar refractivity (Wildman–Crippen MR) is 84.5 cm³/mol. The predicted octanol–water partition coefficient (Wildman–Crippen LogP) is 0.810. The van der Waals surface area contributed by atoms with Crippen molar-refractivity contribution in [3.8, 4) is 5.75 Å². The minimum atomic E-state index is -1.23. The van der Waals surface area contributed by atoms with E-state index in [1.54, 1.807) is 29.9 Å². The number of aliphatic hydroxyl groups excluding tert-OH is 1. The number of ether oxygens (including phenoxy) is 1. The van der Waals surface area contributed by atoms with E-state index in [4.69, 9.17) is 4.74 Å². The first kappa shape index (κ1) is 15.9. The topological polar surface area (TPSA) is 67.6 Å². The van der Waals surface area contributed by atoms with Crippen molar-refractivity contribution in [3.05, 3.63) is 34.7 Å². The number of benzene rings is 1. The number of likely N-dealkylation sites (tertiary alicyclic amines) is 1. The fourth-order valence-corrected chi connectivity index (χ4v) is 2.90. The Labute approximate surface area is 133 Å². The number of nitrogens with zero attached hydrogens (tertiary/aromatic N) is 3. The van der Waals surface area contributed by atoms with Crippen LogP contribution in [0.5, 0.6) is 5.75 Å². The van der Waals surface area contributed by atoms with Gasteiger partial charge in [-0.1, -0.05) is 0 Å². The summed E-state index contributed by atoms with van der Waals surface area (Å²) in [6.07, 6.45) is -0.386. The van der Waals surface area contributed by atoms with Gasteiger partial charge in [0.2, 0.25) is 0 Å². The van der Waals surface area contributed by atoms with E-state index in [9.17, 15) is 14.3 Å². The van der Waals surface area contributed by atoms with Crippen LogP contribution in [0.1, 0.15) is 6.42 Å². The summed E-state index contributed by atoms with van der Waals surface area (Å²) in [6, 6.07) is 5.38. The maximum Gasteiger partial charge on any atom is 0.269 e. The highest BCUT2D eigenvalue weighted by Gasteiger charge is 2.27.